The summed E-state index contributed by atoms with van der Waals surface area (Å²) in [5.74, 6) is 0. The van der Waals surface area contributed by atoms with Gasteiger partial charge < -0.3 is 10.6 Å². The molecule has 0 radical (unpaired) electrons. The summed E-state index contributed by atoms with van der Waals surface area (Å²) < 4.78 is 0. The van der Waals surface area contributed by atoms with Crippen LogP contribution >= 0.6 is 0 Å². The third-order valence-electron chi connectivity index (χ3n) is 1.59. The second-order valence-corrected chi connectivity index (χ2v) is 2.62. The summed E-state index contributed by atoms with van der Waals surface area (Å²) in [5.41, 5.74) is 0.896. The molecule has 0 unspecified atom stereocenters. The maximum absolute atomic E-state index is 11.0. The van der Waals surface area contributed by atoms with E-state index in [4.69, 9.17) is 0 Å². The van der Waals surface area contributed by atoms with Crippen molar-refractivity contribution in [1.82, 2.24) is 10.6 Å². The summed E-state index contributed by atoms with van der Waals surface area (Å²) in [4.78, 5) is 11.0. The van der Waals surface area contributed by atoms with Crippen LogP contribution in [0.1, 0.15) is 19.8 Å². The monoisotopic (exact) mass is 166 g/mol. The van der Waals surface area contributed by atoms with Crippen molar-refractivity contribution in [2.45, 2.75) is 19.8 Å². The standard InChI is InChI=1S/C9H14N2O/c1-2-10-9(12)11-8-6-4-3-5-7-8/h4,6-7H,2-3,5H2,1H3,(H2,10,11,12). The summed E-state index contributed by atoms with van der Waals surface area (Å²) in [5, 5.41) is 5.41. The van der Waals surface area contributed by atoms with Crippen molar-refractivity contribution in [3.8, 4) is 0 Å². The quantitative estimate of drug-likeness (QED) is 0.642. The molecule has 12 heavy (non-hydrogen) atoms. The van der Waals surface area contributed by atoms with E-state index >= 15 is 0 Å². The van der Waals surface area contributed by atoms with Crippen molar-refractivity contribution in [1.29, 1.82) is 0 Å². The fourth-order valence-electron chi connectivity index (χ4n) is 1.04. The third-order valence-corrected chi connectivity index (χ3v) is 1.59. The Morgan fingerprint density at radius 1 is 1.58 bits per heavy atom. The van der Waals surface area contributed by atoms with Crippen LogP contribution < -0.4 is 10.6 Å². The van der Waals surface area contributed by atoms with Gasteiger partial charge in [0.05, 0.1) is 0 Å². The van der Waals surface area contributed by atoms with E-state index in [2.05, 4.69) is 16.7 Å². The van der Waals surface area contributed by atoms with Gasteiger partial charge in [-0.3, -0.25) is 0 Å². The number of amides is 2. The minimum atomic E-state index is -0.129. The van der Waals surface area contributed by atoms with Gasteiger partial charge in [-0.05, 0) is 25.8 Å². The average molecular weight is 166 g/mol. The molecule has 0 atom stereocenters. The van der Waals surface area contributed by atoms with Gasteiger partial charge >= 0.3 is 6.03 Å². The van der Waals surface area contributed by atoms with Crippen LogP contribution in [0.3, 0.4) is 0 Å². The number of rotatable bonds is 2. The van der Waals surface area contributed by atoms with Crippen LogP contribution in [-0.2, 0) is 0 Å². The van der Waals surface area contributed by atoms with Gasteiger partial charge in [0.1, 0.15) is 0 Å². The maximum atomic E-state index is 11.0. The molecule has 0 bridgehead atoms. The van der Waals surface area contributed by atoms with Crippen LogP contribution in [0.15, 0.2) is 23.9 Å². The van der Waals surface area contributed by atoms with Crippen LogP contribution in [0, 0.1) is 0 Å². The Kier molecular flexibility index (Phi) is 3.38. The predicted octanol–water partition coefficient (Wildman–Crippen LogP) is 1.54. The number of allylic oxidation sites excluding steroid dienone is 3. The van der Waals surface area contributed by atoms with E-state index < -0.39 is 0 Å². The van der Waals surface area contributed by atoms with Crippen molar-refractivity contribution >= 4 is 6.03 Å². The molecule has 0 aromatic rings. The van der Waals surface area contributed by atoms with Crippen molar-refractivity contribution < 1.29 is 4.79 Å². The zero-order valence-electron chi connectivity index (χ0n) is 7.26. The number of hydrogen-bond donors (Lipinski definition) is 2. The molecule has 0 aliphatic heterocycles. The van der Waals surface area contributed by atoms with Gasteiger partial charge in [0.15, 0.2) is 0 Å². The van der Waals surface area contributed by atoms with Crippen LogP contribution in [0.25, 0.3) is 0 Å². The zero-order chi connectivity index (χ0) is 8.81. The molecule has 0 saturated carbocycles. The molecule has 2 amide bonds. The lowest BCUT2D eigenvalue weighted by Gasteiger charge is -2.08. The molecule has 0 heterocycles. The molecule has 0 spiro atoms. The maximum Gasteiger partial charge on any atom is 0.319 e. The van der Waals surface area contributed by atoms with E-state index in [0.29, 0.717) is 6.54 Å². The van der Waals surface area contributed by atoms with E-state index in [9.17, 15) is 4.79 Å². The Labute approximate surface area is 72.5 Å². The van der Waals surface area contributed by atoms with Crippen LogP contribution in [0.2, 0.25) is 0 Å². The Bertz CT molecular complexity index is 219. The normalized spacial score (nSPS) is 15.2. The molecule has 1 aliphatic carbocycles. The molecule has 3 nitrogen and oxygen atoms in total. The first kappa shape index (κ1) is 8.84. The number of carbonyl (C=O) groups is 1. The van der Waals surface area contributed by atoms with Gasteiger partial charge in [0, 0.05) is 12.2 Å². The fourth-order valence-corrected chi connectivity index (χ4v) is 1.04. The van der Waals surface area contributed by atoms with E-state index in [1.807, 2.05) is 19.1 Å². The molecular formula is C9H14N2O. The highest BCUT2D eigenvalue weighted by Gasteiger charge is 2.00. The highest BCUT2D eigenvalue weighted by Crippen LogP contribution is 2.05. The highest BCUT2D eigenvalue weighted by molar-refractivity contribution is 5.76. The fraction of sp³-hybridized carbons (Fsp3) is 0.444. The van der Waals surface area contributed by atoms with Crippen LogP contribution in [0.5, 0.6) is 0 Å². The van der Waals surface area contributed by atoms with Crippen molar-refractivity contribution in [3.05, 3.63) is 23.9 Å². The van der Waals surface area contributed by atoms with Crippen molar-refractivity contribution in [3.63, 3.8) is 0 Å². The highest BCUT2D eigenvalue weighted by atomic mass is 16.2. The van der Waals surface area contributed by atoms with E-state index in [-0.39, 0.29) is 6.03 Å². The second kappa shape index (κ2) is 4.59. The number of urea groups is 1. The van der Waals surface area contributed by atoms with E-state index in [0.717, 1.165) is 18.5 Å². The third kappa shape index (κ3) is 2.78. The SMILES string of the molecule is CCNC(=O)NC1=CCCC=C1. The summed E-state index contributed by atoms with van der Waals surface area (Å²) in [6.07, 6.45) is 8.09. The molecule has 0 aromatic heterocycles. The Morgan fingerprint density at radius 2 is 2.42 bits per heavy atom. The van der Waals surface area contributed by atoms with Gasteiger partial charge in [-0.1, -0.05) is 12.2 Å². The summed E-state index contributed by atoms with van der Waals surface area (Å²) in [6.45, 7) is 2.55. The van der Waals surface area contributed by atoms with E-state index in [1.54, 1.807) is 0 Å². The van der Waals surface area contributed by atoms with Crippen LogP contribution in [-0.4, -0.2) is 12.6 Å². The minimum absolute atomic E-state index is 0.129. The molecule has 0 saturated heterocycles. The first-order chi connectivity index (χ1) is 5.83. The summed E-state index contributed by atoms with van der Waals surface area (Å²) >= 11 is 0. The summed E-state index contributed by atoms with van der Waals surface area (Å²) in [6, 6.07) is -0.129. The largest absolute Gasteiger partial charge is 0.338 e. The minimum Gasteiger partial charge on any atom is -0.338 e. The predicted molar refractivity (Wildman–Crippen MR) is 48.7 cm³/mol. The zero-order valence-corrected chi connectivity index (χ0v) is 7.26. The number of hydrogen-bond acceptors (Lipinski definition) is 1. The molecule has 2 N–H and O–H groups in total. The molecule has 0 aromatic carbocycles. The molecule has 1 rings (SSSR count). The van der Waals surface area contributed by atoms with E-state index in [1.165, 1.54) is 0 Å². The van der Waals surface area contributed by atoms with Gasteiger partial charge in [-0.25, -0.2) is 4.79 Å². The molecule has 0 fully saturated rings. The van der Waals surface area contributed by atoms with Crippen LogP contribution in [0.4, 0.5) is 4.79 Å². The first-order valence-corrected chi connectivity index (χ1v) is 4.24. The lowest BCUT2D eigenvalue weighted by molar-refractivity contribution is 0.244. The van der Waals surface area contributed by atoms with Gasteiger partial charge in [-0.15, -0.1) is 0 Å². The Morgan fingerprint density at radius 3 is 3.00 bits per heavy atom. The van der Waals surface area contributed by atoms with Gasteiger partial charge in [0.25, 0.3) is 0 Å². The Hall–Kier alpha value is -1.25. The Balaban J connectivity index is 2.35. The van der Waals surface area contributed by atoms with Gasteiger partial charge in [0.2, 0.25) is 0 Å². The molecular weight excluding hydrogens is 152 g/mol. The first-order valence-electron chi connectivity index (χ1n) is 4.24. The van der Waals surface area contributed by atoms with Gasteiger partial charge in [-0.2, -0.15) is 0 Å². The molecule has 3 heteroatoms. The lowest BCUT2D eigenvalue weighted by atomic mass is 10.1. The smallest absolute Gasteiger partial charge is 0.319 e. The topological polar surface area (TPSA) is 41.1 Å². The second-order valence-electron chi connectivity index (χ2n) is 2.62. The number of nitrogens with one attached hydrogen (secondary N) is 2. The average Bonchev–Trinajstić information content (AvgIpc) is 2.06. The lowest BCUT2D eigenvalue weighted by Crippen LogP contribution is -2.34. The van der Waals surface area contributed by atoms with Crippen molar-refractivity contribution in [2.75, 3.05) is 6.54 Å². The summed E-state index contributed by atoms with van der Waals surface area (Å²) in [7, 11) is 0. The number of carbonyl (C=O) groups excluding carboxylic acids is 1. The van der Waals surface area contributed by atoms with Crippen molar-refractivity contribution in [2.24, 2.45) is 0 Å². The molecule has 66 valence electrons. The molecule has 1 aliphatic rings.